The molecule has 0 spiro atoms. The Morgan fingerprint density at radius 1 is 1.09 bits per heavy atom. The van der Waals surface area contributed by atoms with Crippen molar-refractivity contribution in [2.75, 3.05) is 26.7 Å². The van der Waals surface area contributed by atoms with Crippen LogP contribution in [0.1, 0.15) is 40.2 Å². The number of aliphatic imine (C=N–C) groups is 1. The molecule has 4 heteroatoms. The van der Waals surface area contributed by atoms with Gasteiger partial charge >= 0.3 is 0 Å². The zero-order valence-electron chi connectivity index (χ0n) is 14.9. The second kappa shape index (κ2) is 8.18. The highest BCUT2D eigenvalue weighted by atomic mass is 16.5. The van der Waals surface area contributed by atoms with Gasteiger partial charge in [-0.2, -0.15) is 0 Å². The number of methoxy groups -OCH3 is 1. The molecular weight excluding hydrogens is 274 g/mol. The van der Waals surface area contributed by atoms with Crippen LogP contribution in [0, 0.1) is 0 Å². The minimum Gasteiger partial charge on any atom is -0.377 e. The number of nitrogens with one attached hydrogen (secondary N) is 2. The number of guanidine groups is 1. The molecule has 0 saturated carbocycles. The summed E-state index contributed by atoms with van der Waals surface area (Å²) in [5, 5.41) is 6.73. The maximum atomic E-state index is 5.42. The van der Waals surface area contributed by atoms with Crippen molar-refractivity contribution in [1.82, 2.24) is 10.6 Å². The Bertz CT molecular complexity index is 466. The van der Waals surface area contributed by atoms with E-state index >= 15 is 0 Å². The van der Waals surface area contributed by atoms with Crippen molar-refractivity contribution in [2.24, 2.45) is 4.99 Å². The van der Waals surface area contributed by atoms with Crippen LogP contribution in [-0.4, -0.2) is 38.3 Å². The molecule has 0 fully saturated rings. The van der Waals surface area contributed by atoms with Crippen LogP contribution < -0.4 is 10.6 Å². The molecular formula is C18H31N3O. The lowest BCUT2D eigenvalue weighted by Gasteiger charge is -2.27. The molecule has 4 nitrogen and oxygen atoms in total. The SMILES string of the molecule is CCNC(=NCC(C)(C)OC)NCC(C)(C)c1ccccc1. The lowest BCUT2D eigenvalue weighted by atomic mass is 9.85. The van der Waals surface area contributed by atoms with Crippen LogP contribution >= 0.6 is 0 Å². The van der Waals surface area contributed by atoms with E-state index in [9.17, 15) is 0 Å². The van der Waals surface area contributed by atoms with E-state index in [1.165, 1.54) is 5.56 Å². The summed E-state index contributed by atoms with van der Waals surface area (Å²) in [5.74, 6) is 0.830. The fourth-order valence-corrected chi connectivity index (χ4v) is 1.97. The molecule has 0 bridgehead atoms. The van der Waals surface area contributed by atoms with Gasteiger partial charge in [0, 0.05) is 25.6 Å². The van der Waals surface area contributed by atoms with Crippen LogP contribution in [0.25, 0.3) is 0 Å². The fraction of sp³-hybridized carbons (Fsp3) is 0.611. The van der Waals surface area contributed by atoms with E-state index in [1.54, 1.807) is 7.11 Å². The zero-order valence-corrected chi connectivity index (χ0v) is 14.9. The van der Waals surface area contributed by atoms with Crippen molar-refractivity contribution in [2.45, 2.75) is 45.6 Å². The van der Waals surface area contributed by atoms with Crippen LogP contribution in [0.2, 0.25) is 0 Å². The summed E-state index contributed by atoms with van der Waals surface area (Å²) in [6.07, 6.45) is 0. The van der Waals surface area contributed by atoms with E-state index < -0.39 is 0 Å². The highest BCUT2D eigenvalue weighted by Gasteiger charge is 2.21. The number of hydrogen-bond donors (Lipinski definition) is 2. The van der Waals surface area contributed by atoms with Crippen molar-refractivity contribution in [1.29, 1.82) is 0 Å². The molecule has 1 aromatic carbocycles. The van der Waals surface area contributed by atoms with Gasteiger partial charge in [0.05, 0.1) is 12.1 Å². The third kappa shape index (κ3) is 6.06. The zero-order chi connectivity index (χ0) is 16.6. The van der Waals surface area contributed by atoms with E-state index in [4.69, 9.17) is 4.74 Å². The minimum absolute atomic E-state index is 0.0359. The molecule has 1 aromatic rings. The average Bonchev–Trinajstić information content (AvgIpc) is 2.51. The quantitative estimate of drug-likeness (QED) is 0.601. The van der Waals surface area contributed by atoms with Gasteiger partial charge in [0.2, 0.25) is 0 Å². The molecule has 2 N–H and O–H groups in total. The number of ether oxygens (including phenoxy) is 1. The Kier molecular flexibility index (Phi) is 6.88. The van der Waals surface area contributed by atoms with E-state index in [0.29, 0.717) is 6.54 Å². The van der Waals surface area contributed by atoms with E-state index in [2.05, 4.69) is 60.7 Å². The summed E-state index contributed by atoms with van der Waals surface area (Å²) in [4.78, 5) is 4.62. The van der Waals surface area contributed by atoms with Gasteiger partial charge in [0.25, 0.3) is 0 Å². The van der Waals surface area contributed by atoms with E-state index in [1.807, 2.05) is 19.9 Å². The molecule has 0 aromatic heterocycles. The maximum Gasteiger partial charge on any atom is 0.191 e. The molecule has 0 aliphatic rings. The van der Waals surface area contributed by atoms with Crippen molar-refractivity contribution < 1.29 is 4.74 Å². The number of benzene rings is 1. The molecule has 0 aliphatic heterocycles. The lowest BCUT2D eigenvalue weighted by molar-refractivity contribution is 0.0310. The van der Waals surface area contributed by atoms with Crippen LogP contribution in [0.5, 0.6) is 0 Å². The molecule has 1 rings (SSSR count). The van der Waals surface area contributed by atoms with Crippen molar-refractivity contribution >= 4 is 5.96 Å². The fourth-order valence-electron chi connectivity index (χ4n) is 1.97. The summed E-state index contributed by atoms with van der Waals surface area (Å²) < 4.78 is 5.42. The number of hydrogen-bond acceptors (Lipinski definition) is 2. The number of nitrogens with zero attached hydrogens (tertiary/aromatic N) is 1. The van der Waals surface area contributed by atoms with Gasteiger partial charge in [-0.25, -0.2) is 0 Å². The van der Waals surface area contributed by atoms with Gasteiger partial charge < -0.3 is 15.4 Å². The average molecular weight is 305 g/mol. The molecule has 0 heterocycles. The summed E-state index contributed by atoms with van der Waals surface area (Å²) in [6.45, 7) is 12.9. The second-order valence-electron chi connectivity index (χ2n) is 6.76. The normalized spacial score (nSPS) is 13.1. The molecule has 0 atom stereocenters. The third-order valence-corrected chi connectivity index (χ3v) is 3.77. The van der Waals surface area contributed by atoms with Crippen LogP contribution in [-0.2, 0) is 10.2 Å². The third-order valence-electron chi connectivity index (χ3n) is 3.77. The van der Waals surface area contributed by atoms with Gasteiger partial charge in [-0.15, -0.1) is 0 Å². The predicted molar refractivity (Wildman–Crippen MR) is 94.5 cm³/mol. The Morgan fingerprint density at radius 2 is 1.73 bits per heavy atom. The Hall–Kier alpha value is -1.55. The van der Waals surface area contributed by atoms with Crippen molar-refractivity contribution in [3.05, 3.63) is 35.9 Å². The number of rotatable bonds is 7. The van der Waals surface area contributed by atoms with E-state index in [-0.39, 0.29) is 11.0 Å². The Balaban J connectivity index is 2.69. The monoisotopic (exact) mass is 305 g/mol. The van der Waals surface area contributed by atoms with E-state index in [0.717, 1.165) is 19.0 Å². The smallest absolute Gasteiger partial charge is 0.191 e. The van der Waals surface area contributed by atoms with Gasteiger partial charge in [-0.1, -0.05) is 44.2 Å². The van der Waals surface area contributed by atoms with Crippen LogP contribution in [0.4, 0.5) is 0 Å². The lowest BCUT2D eigenvalue weighted by Crippen LogP contribution is -2.44. The highest BCUT2D eigenvalue weighted by molar-refractivity contribution is 5.79. The first-order valence-electron chi connectivity index (χ1n) is 7.93. The molecule has 0 saturated heterocycles. The first kappa shape index (κ1) is 18.5. The largest absolute Gasteiger partial charge is 0.377 e. The summed E-state index contributed by atoms with van der Waals surface area (Å²) in [5.41, 5.74) is 1.10. The first-order chi connectivity index (χ1) is 10.3. The standard InChI is InChI=1S/C18H31N3O/c1-7-19-16(21-14-18(4,5)22-6)20-13-17(2,3)15-11-9-8-10-12-15/h8-12H,7,13-14H2,1-6H3,(H2,19,20,21). The second-order valence-corrected chi connectivity index (χ2v) is 6.76. The Labute approximate surface area is 135 Å². The molecule has 0 radical (unpaired) electrons. The summed E-state index contributed by atoms with van der Waals surface area (Å²) in [6, 6.07) is 10.5. The van der Waals surface area contributed by atoms with Crippen LogP contribution in [0.3, 0.4) is 0 Å². The minimum atomic E-state index is -0.253. The molecule has 0 unspecified atom stereocenters. The van der Waals surface area contributed by atoms with Gasteiger partial charge in [-0.3, -0.25) is 4.99 Å². The molecule has 22 heavy (non-hydrogen) atoms. The highest BCUT2D eigenvalue weighted by Crippen LogP contribution is 2.21. The van der Waals surface area contributed by atoms with Crippen LogP contribution in [0.15, 0.2) is 35.3 Å². The van der Waals surface area contributed by atoms with Gasteiger partial charge in [0.1, 0.15) is 0 Å². The summed E-state index contributed by atoms with van der Waals surface area (Å²) in [7, 11) is 1.72. The van der Waals surface area contributed by atoms with Gasteiger partial charge in [-0.05, 0) is 26.3 Å². The molecule has 0 amide bonds. The predicted octanol–water partition coefficient (Wildman–Crippen LogP) is 2.94. The summed E-state index contributed by atoms with van der Waals surface area (Å²) >= 11 is 0. The van der Waals surface area contributed by atoms with Gasteiger partial charge in [0.15, 0.2) is 5.96 Å². The Morgan fingerprint density at radius 3 is 2.27 bits per heavy atom. The topological polar surface area (TPSA) is 45.7 Å². The maximum absolute atomic E-state index is 5.42. The molecule has 124 valence electrons. The molecule has 0 aliphatic carbocycles. The first-order valence-corrected chi connectivity index (χ1v) is 7.93. The van der Waals surface area contributed by atoms with Crippen molar-refractivity contribution in [3.8, 4) is 0 Å². The van der Waals surface area contributed by atoms with Crippen molar-refractivity contribution in [3.63, 3.8) is 0 Å².